The fraction of sp³-hybridized carbons (Fsp3) is 0.300. The van der Waals surface area contributed by atoms with E-state index in [9.17, 15) is 9.59 Å². The van der Waals surface area contributed by atoms with Gasteiger partial charge < -0.3 is 19.9 Å². The highest BCUT2D eigenvalue weighted by molar-refractivity contribution is 5.97. The average molecular weight is 353 g/mol. The molecule has 3 rings (SSSR count). The van der Waals surface area contributed by atoms with Crippen LogP contribution in [0.1, 0.15) is 10.4 Å². The van der Waals surface area contributed by atoms with Gasteiger partial charge in [-0.05, 0) is 31.3 Å². The van der Waals surface area contributed by atoms with E-state index in [1.807, 2.05) is 49.5 Å². The molecule has 1 aliphatic heterocycles. The predicted octanol–water partition coefficient (Wildman–Crippen LogP) is 2.36. The van der Waals surface area contributed by atoms with Gasteiger partial charge in [-0.1, -0.05) is 30.3 Å². The standard InChI is InChI=1S/C20H23N3O3/c1-22-11-13-23(14-12-22)19(24)15-26-20(25)17-9-5-6-10-18(17)21-16-7-3-2-4-8-16/h2-10,21H,11-15H2,1H3. The van der Waals surface area contributed by atoms with Gasteiger partial charge in [0.2, 0.25) is 0 Å². The first-order valence-electron chi connectivity index (χ1n) is 8.68. The molecule has 26 heavy (non-hydrogen) atoms. The fourth-order valence-corrected chi connectivity index (χ4v) is 2.80. The van der Waals surface area contributed by atoms with Gasteiger partial charge in [0.05, 0.1) is 11.3 Å². The van der Waals surface area contributed by atoms with Crippen LogP contribution in [-0.4, -0.2) is 61.5 Å². The molecule has 0 bridgehead atoms. The molecular formula is C20H23N3O3. The molecule has 0 radical (unpaired) electrons. The Morgan fingerprint density at radius 1 is 0.962 bits per heavy atom. The molecule has 1 fully saturated rings. The number of anilines is 2. The zero-order valence-electron chi connectivity index (χ0n) is 14.9. The van der Waals surface area contributed by atoms with Crippen LogP contribution in [0.5, 0.6) is 0 Å². The van der Waals surface area contributed by atoms with Crippen molar-refractivity contribution in [3.63, 3.8) is 0 Å². The summed E-state index contributed by atoms with van der Waals surface area (Å²) in [6.45, 7) is 2.77. The second-order valence-corrected chi connectivity index (χ2v) is 6.30. The third kappa shape index (κ3) is 4.61. The Morgan fingerprint density at radius 2 is 1.62 bits per heavy atom. The summed E-state index contributed by atoms with van der Waals surface area (Å²) in [5.74, 6) is -0.661. The summed E-state index contributed by atoms with van der Waals surface area (Å²) < 4.78 is 5.26. The number of esters is 1. The second-order valence-electron chi connectivity index (χ2n) is 6.30. The maximum atomic E-state index is 12.5. The van der Waals surface area contributed by atoms with Crippen LogP contribution in [0, 0.1) is 0 Å². The molecule has 0 unspecified atom stereocenters. The summed E-state index contributed by atoms with van der Waals surface area (Å²) in [6.07, 6.45) is 0. The molecule has 1 heterocycles. The highest BCUT2D eigenvalue weighted by Crippen LogP contribution is 2.21. The summed E-state index contributed by atoms with van der Waals surface area (Å²) in [7, 11) is 2.03. The van der Waals surface area contributed by atoms with Crippen molar-refractivity contribution in [2.45, 2.75) is 0 Å². The average Bonchev–Trinajstić information content (AvgIpc) is 2.67. The largest absolute Gasteiger partial charge is 0.452 e. The Morgan fingerprint density at radius 3 is 2.35 bits per heavy atom. The summed E-state index contributed by atoms with van der Waals surface area (Å²) in [4.78, 5) is 28.6. The second kappa shape index (κ2) is 8.49. The molecule has 0 saturated carbocycles. The van der Waals surface area contributed by atoms with E-state index in [0.29, 0.717) is 24.3 Å². The first kappa shape index (κ1) is 17.9. The van der Waals surface area contributed by atoms with Crippen LogP contribution in [0.25, 0.3) is 0 Å². The van der Waals surface area contributed by atoms with Gasteiger partial charge in [-0.15, -0.1) is 0 Å². The van der Waals surface area contributed by atoms with Gasteiger partial charge in [0.15, 0.2) is 6.61 Å². The molecule has 1 N–H and O–H groups in total. The van der Waals surface area contributed by atoms with Crippen LogP contribution in [-0.2, 0) is 9.53 Å². The molecular weight excluding hydrogens is 330 g/mol. The maximum absolute atomic E-state index is 12.5. The van der Waals surface area contributed by atoms with E-state index >= 15 is 0 Å². The molecule has 136 valence electrons. The first-order chi connectivity index (χ1) is 12.6. The van der Waals surface area contributed by atoms with E-state index in [4.69, 9.17) is 4.74 Å². The van der Waals surface area contributed by atoms with Crippen molar-refractivity contribution in [2.75, 3.05) is 45.2 Å². The van der Waals surface area contributed by atoms with Gasteiger partial charge in [-0.3, -0.25) is 4.79 Å². The van der Waals surface area contributed by atoms with Crippen molar-refractivity contribution in [2.24, 2.45) is 0 Å². The number of ether oxygens (including phenoxy) is 1. The number of likely N-dealkylation sites (N-methyl/N-ethyl adjacent to an activating group) is 1. The zero-order chi connectivity index (χ0) is 18.4. The molecule has 1 amide bonds. The van der Waals surface area contributed by atoms with Gasteiger partial charge in [0.25, 0.3) is 5.91 Å². The van der Waals surface area contributed by atoms with E-state index in [0.717, 1.165) is 18.8 Å². The highest BCUT2D eigenvalue weighted by atomic mass is 16.5. The van der Waals surface area contributed by atoms with E-state index in [1.165, 1.54) is 0 Å². The Hall–Kier alpha value is -2.86. The van der Waals surface area contributed by atoms with Crippen LogP contribution in [0.2, 0.25) is 0 Å². The van der Waals surface area contributed by atoms with E-state index in [-0.39, 0.29) is 12.5 Å². The fourth-order valence-electron chi connectivity index (χ4n) is 2.80. The number of carbonyl (C=O) groups excluding carboxylic acids is 2. The topological polar surface area (TPSA) is 61.9 Å². The van der Waals surface area contributed by atoms with Crippen molar-refractivity contribution in [1.29, 1.82) is 0 Å². The molecule has 0 atom stereocenters. The Bertz CT molecular complexity index is 756. The van der Waals surface area contributed by atoms with Crippen LogP contribution in [0.4, 0.5) is 11.4 Å². The van der Waals surface area contributed by atoms with Crippen molar-refractivity contribution in [3.8, 4) is 0 Å². The van der Waals surface area contributed by atoms with Crippen molar-refractivity contribution in [3.05, 3.63) is 60.2 Å². The molecule has 2 aromatic rings. The number of para-hydroxylation sites is 2. The summed E-state index contributed by atoms with van der Waals surface area (Å²) in [5.41, 5.74) is 1.93. The molecule has 0 aromatic heterocycles. The number of hydrogen-bond acceptors (Lipinski definition) is 5. The van der Waals surface area contributed by atoms with Gasteiger partial charge in [-0.2, -0.15) is 0 Å². The third-order valence-corrected chi connectivity index (χ3v) is 4.38. The van der Waals surface area contributed by atoms with Gasteiger partial charge >= 0.3 is 5.97 Å². The van der Waals surface area contributed by atoms with E-state index in [2.05, 4.69) is 10.2 Å². The number of benzene rings is 2. The predicted molar refractivity (Wildman–Crippen MR) is 101 cm³/mol. The minimum atomic E-state index is -0.508. The van der Waals surface area contributed by atoms with E-state index in [1.54, 1.807) is 17.0 Å². The minimum absolute atomic E-state index is 0.153. The number of hydrogen-bond donors (Lipinski definition) is 1. The molecule has 1 aliphatic rings. The quantitative estimate of drug-likeness (QED) is 0.836. The Balaban J connectivity index is 1.60. The monoisotopic (exact) mass is 353 g/mol. The summed E-state index contributed by atoms with van der Waals surface area (Å²) in [6, 6.07) is 16.7. The lowest BCUT2D eigenvalue weighted by atomic mass is 10.1. The highest BCUT2D eigenvalue weighted by Gasteiger charge is 2.21. The Kier molecular flexibility index (Phi) is 5.86. The summed E-state index contributed by atoms with van der Waals surface area (Å²) in [5, 5.41) is 3.21. The lowest BCUT2D eigenvalue weighted by Crippen LogP contribution is -2.48. The number of nitrogens with one attached hydrogen (secondary N) is 1. The summed E-state index contributed by atoms with van der Waals surface area (Å²) >= 11 is 0. The van der Waals surface area contributed by atoms with Crippen LogP contribution in [0.3, 0.4) is 0 Å². The number of rotatable bonds is 5. The van der Waals surface area contributed by atoms with Crippen molar-refractivity contribution in [1.82, 2.24) is 9.80 Å². The zero-order valence-corrected chi connectivity index (χ0v) is 14.9. The molecule has 6 nitrogen and oxygen atoms in total. The molecule has 1 saturated heterocycles. The maximum Gasteiger partial charge on any atom is 0.340 e. The number of carbonyl (C=O) groups is 2. The van der Waals surface area contributed by atoms with Gasteiger partial charge in [-0.25, -0.2) is 4.79 Å². The van der Waals surface area contributed by atoms with Gasteiger partial charge in [0.1, 0.15) is 0 Å². The van der Waals surface area contributed by atoms with Crippen molar-refractivity contribution >= 4 is 23.3 Å². The normalized spacial score (nSPS) is 14.7. The minimum Gasteiger partial charge on any atom is -0.452 e. The van der Waals surface area contributed by atoms with E-state index < -0.39 is 5.97 Å². The number of amides is 1. The van der Waals surface area contributed by atoms with Crippen LogP contribution >= 0.6 is 0 Å². The SMILES string of the molecule is CN1CCN(C(=O)COC(=O)c2ccccc2Nc2ccccc2)CC1. The first-order valence-corrected chi connectivity index (χ1v) is 8.68. The lowest BCUT2D eigenvalue weighted by Gasteiger charge is -2.32. The Labute approximate surface area is 153 Å². The molecule has 6 heteroatoms. The molecule has 2 aromatic carbocycles. The number of piperazine rings is 1. The molecule has 0 spiro atoms. The van der Waals surface area contributed by atoms with Gasteiger partial charge in [0, 0.05) is 31.9 Å². The smallest absolute Gasteiger partial charge is 0.340 e. The third-order valence-electron chi connectivity index (χ3n) is 4.38. The number of nitrogens with zero attached hydrogens (tertiary/aromatic N) is 2. The van der Waals surface area contributed by atoms with Crippen molar-refractivity contribution < 1.29 is 14.3 Å². The molecule has 0 aliphatic carbocycles. The van der Waals surface area contributed by atoms with Crippen LogP contribution in [0.15, 0.2) is 54.6 Å². The lowest BCUT2D eigenvalue weighted by molar-refractivity contribution is -0.136. The van der Waals surface area contributed by atoms with Crippen LogP contribution < -0.4 is 5.32 Å².